The van der Waals surface area contributed by atoms with Gasteiger partial charge in [0.15, 0.2) is 0 Å². The van der Waals surface area contributed by atoms with Crippen molar-refractivity contribution in [3.63, 3.8) is 0 Å². The Bertz CT molecular complexity index is 943. The van der Waals surface area contributed by atoms with Crippen LogP contribution in [-0.2, 0) is 22.6 Å². The number of aryl methyl sites for hydroxylation is 1. The summed E-state index contributed by atoms with van der Waals surface area (Å²) in [6.07, 6.45) is 4.36. The summed E-state index contributed by atoms with van der Waals surface area (Å²) in [4.78, 5) is 37.8. The summed E-state index contributed by atoms with van der Waals surface area (Å²) in [5.41, 5.74) is 8.21. The maximum absolute atomic E-state index is 12.5. The Hall–Kier alpha value is -2.54. The number of nitrogens with zero attached hydrogens (tertiary/aromatic N) is 2. The molecule has 3 amide bonds. The second kappa shape index (κ2) is 6.99. The molecule has 0 unspecified atom stereocenters. The molecule has 7 heteroatoms. The molecule has 1 saturated heterocycles. The van der Waals surface area contributed by atoms with Crippen molar-refractivity contribution < 1.29 is 14.4 Å². The maximum atomic E-state index is 12.5. The lowest BCUT2D eigenvalue weighted by Crippen LogP contribution is -2.34. The van der Waals surface area contributed by atoms with E-state index in [0.29, 0.717) is 4.91 Å². The number of primary amides is 1. The number of carbonyl (C=O) groups excluding carboxylic acids is 3. The highest BCUT2D eigenvalue weighted by Gasteiger charge is 2.36. The van der Waals surface area contributed by atoms with E-state index in [1.165, 1.54) is 4.90 Å². The van der Waals surface area contributed by atoms with E-state index in [4.69, 9.17) is 5.73 Å². The summed E-state index contributed by atoms with van der Waals surface area (Å²) in [6.45, 7) is 5.73. The molecule has 2 N–H and O–H groups in total. The monoisotopic (exact) mass is 371 g/mol. The SMILES string of the molecule is CCc1cccc2c(/C=C3\SC(=O)N(C(C)C)C3=O)cn(CC(N)=O)c12. The van der Waals surface area contributed by atoms with Gasteiger partial charge in [0.25, 0.3) is 11.1 Å². The molecule has 0 saturated carbocycles. The molecule has 0 aliphatic carbocycles. The van der Waals surface area contributed by atoms with Crippen molar-refractivity contribution in [3.8, 4) is 0 Å². The van der Waals surface area contributed by atoms with Crippen molar-refractivity contribution in [2.75, 3.05) is 0 Å². The first-order valence-electron chi connectivity index (χ1n) is 8.49. The third kappa shape index (κ3) is 3.14. The number of carbonyl (C=O) groups is 3. The standard InChI is InChI=1S/C19H21N3O3S/c1-4-12-6-5-7-14-13(9-21(17(12)14)10-16(20)23)8-15-18(24)22(11(2)3)19(25)26-15/h5-9,11H,4,10H2,1-3H3,(H2,20,23)/b15-8-. The molecule has 1 fully saturated rings. The molecule has 136 valence electrons. The van der Waals surface area contributed by atoms with Gasteiger partial charge in [-0.2, -0.15) is 0 Å². The third-order valence-corrected chi connectivity index (χ3v) is 5.23. The molecular weight excluding hydrogens is 350 g/mol. The molecule has 26 heavy (non-hydrogen) atoms. The molecule has 0 spiro atoms. The third-order valence-electron chi connectivity index (χ3n) is 4.35. The van der Waals surface area contributed by atoms with E-state index in [9.17, 15) is 14.4 Å². The fourth-order valence-electron chi connectivity index (χ4n) is 3.22. The van der Waals surface area contributed by atoms with Gasteiger partial charge in [-0.1, -0.05) is 25.1 Å². The van der Waals surface area contributed by atoms with Gasteiger partial charge in [-0.3, -0.25) is 19.3 Å². The number of hydrogen-bond acceptors (Lipinski definition) is 4. The largest absolute Gasteiger partial charge is 0.368 e. The number of aromatic nitrogens is 1. The highest BCUT2D eigenvalue weighted by atomic mass is 32.2. The number of para-hydroxylation sites is 1. The van der Waals surface area contributed by atoms with Gasteiger partial charge >= 0.3 is 0 Å². The first-order chi connectivity index (χ1) is 12.3. The Labute approximate surface area is 156 Å². The molecule has 1 aliphatic rings. The Balaban J connectivity index is 2.13. The van der Waals surface area contributed by atoms with Gasteiger partial charge in [-0.05, 0) is 43.7 Å². The minimum atomic E-state index is -0.431. The van der Waals surface area contributed by atoms with Crippen molar-refractivity contribution in [1.82, 2.24) is 9.47 Å². The molecular formula is C19H21N3O3S. The molecule has 0 bridgehead atoms. The molecule has 3 rings (SSSR count). The number of imide groups is 1. The van der Waals surface area contributed by atoms with E-state index in [1.807, 2.05) is 49.7 Å². The lowest BCUT2D eigenvalue weighted by molar-refractivity contribution is -0.124. The summed E-state index contributed by atoms with van der Waals surface area (Å²) in [5.74, 6) is -0.711. The van der Waals surface area contributed by atoms with Gasteiger partial charge in [0, 0.05) is 23.2 Å². The Morgan fingerprint density at radius 1 is 1.31 bits per heavy atom. The van der Waals surface area contributed by atoms with Gasteiger partial charge in [0.2, 0.25) is 5.91 Å². The number of hydrogen-bond donors (Lipinski definition) is 1. The van der Waals surface area contributed by atoms with Gasteiger partial charge in [0.1, 0.15) is 6.54 Å². The molecule has 0 radical (unpaired) electrons. The number of nitrogens with two attached hydrogens (primary N) is 1. The van der Waals surface area contributed by atoms with Crippen LogP contribution in [0.1, 0.15) is 31.9 Å². The average Bonchev–Trinajstić information content (AvgIpc) is 3.05. The summed E-state index contributed by atoms with van der Waals surface area (Å²) in [7, 11) is 0. The van der Waals surface area contributed by atoms with Crippen LogP contribution >= 0.6 is 11.8 Å². The minimum Gasteiger partial charge on any atom is -0.368 e. The van der Waals surface area contributed by atoms with E-state index >= 15 is 0 Å². The number of rotatable bonds is 5. The van der Waals surface area contributed by atoms with E-state index in [-0.39, 0.29) is 23.7 Å². The lowest BCUT2D eigenvalue weighted by atomic mass is 10.1. The van der Waals surface area contributed by atoms with Crippen molar-refractivity contribution in [1.29, 1.82) is 0 Å². The fraction of sp³-hybridized carbons (Fsp3) is 0.316. The van der Waals surface area contributed by atoms with Crippen LogP contribution in [0.4, 0.5) is 4.79 Å². The predicted octanol–water partition coefficient (Wildman–Crippen LogP) is 3.13. The number of amides is 3. The second-order valence-electron chi connectivity index (χ2n) is 6.49. The van der Waals surface area contributed by atoms with Gasteiger partial charge in [0.05, 0.1) is 10.4 Å². The fourth-order valence-corrected chi connectivity index (χ4v) is 4.18. The zero-order valence-corrected chi connectivity index (χ0v) is 15.8. The van der Waals surface area contributed by atoms with E-state index in [0.717, 1.165) is 40.2 Å². The van der Waals surface area contributed by atoms with Crippen molar-refractivity contribution in [2.45, 2.75) is 39.8 Å². The number of fused-ring (bicyclic) bond motifs is 1. The maximum Gasteiger partial charge on any atom is 0.293 e. The normalized spacial score (nSPS) is 16.5. The summed E-state index contributed by atoms with van der Waals surface area (Å²) < 4.78 is 1.81. The van der Waals surface area contributed by atoms with E-state index in [2.05, 4.69) is 0 Å². The topological polar surface area (TPSA) is 85.4 Å². The first kappa shape index (κ1) is 18.3. The molecule has 2 aromatic rings. The highest BCUT2D eigenvalue weighted by molar-refractivity contribution is 8.18. The molecule has 1 aromatic carbocycles. The van der Waals surface area contributed by atoms with Crippen LogP contribution in [0.3, 0.4) is 0 Å². The van der Waals surface area contributed by atoms with E-state index < -0.39 is 5.91 Å². The molecule has 1 aliphatic heterocycles. The Kier molecular flexibility index (Phi) is 4.91. The summed E-state index contributed by atoms with van der Waals surface area (Å²) >= 11 is 0.944. The van der Waals surface area contributed by atoms with Crippen LogP contribution in [0.5, 0.6) is 0 Å². The van der Waals surface area contributed by atoms with Crippen molar-refractivity contribution >= 4 is 45.8 Å². The van der Waals surface area contributed by atoms with Gasteiger partial charge < -0.3 is 10.3 Å². The van der Waals surface area contributed by atoms with Crippen LogP contribution < -0.4 is 5.73 Å². The molecule has 0 atom stereocenters. The van der Waals surface area contributed by atoms with Crippen LogP contribution in [0, 0.1) is 0 Å². The van der Waals surface area contributed by atoms with Gasteiger partial charge in [-0.15, -0.1) is 0 Å². The Morgan fingerprint density at radius 2 is 2.04 bits per heavy atom. The van der Waals surface area contributed by atoms with Crippen LogP contribution in [0.2, 0.25) is 0 Å². The molecule has 2 heterocycles. The lowest BCUT2D eigenvalue weighted by Gasteiger charge is -2.16. The van der Waals surface area contributed by atoms with Crippen molar-refractivity contribution in [3.05, 3.63) is 40.4 Å². The minimum absolute atomic E-state index is 0.0643. The zero-order chi connectivity index (χ0) is 19.0. The first-order valence-corrected chi connectivity index (χ1v) is 9.31. The van der Waals surface area contributed by atoms with Crippen LogP contribution in [-0.4, -0.2) is 32.6 Å². The van der Waals surface area contributed by atoms with Crippen LogP contribution in [0.15, 0.2) is 29.3 Å². The quantitative estimate of drug-likeness (QED) is 0.818. The van der Waals surface area contributed by atoms with E-state index in [1.54, 1.807) is 6.08 Å². The van der Waals surface area contributed by atoms with Crippen LogP contribution in [0.25, 0.3) is 17.0 Å². The highest BCUT2D eigenvalue weighted by Crippen LogP contribution is 2.35. The molecule has 1 aromatic heterocycles. The number of benzene rings is 1. The summed E-state index contributed by atoms with van der Waals surface area (Å²) in [5, 5.41) is 0.674. The smallest absolute Gasteiger partial charge is 0.293 e. The second-order valence-corrected chi connectivity index (χ2v) is 7.48. The van der Waals surface area contributed by atoms with Gasteiger partial charge in [-0.25, -0.2) is 0 Å². The number of thioether (sulfide) groups is 1. The van der Waals surface area contributed by atoms with Crippen molar-refractivity contribution in [2.24, 2.45) is 5.73 Å². The predicted molar refractivity (Wildman–Crippen MR) is 103 cm³/mol. The summed E-state index contributed by atoms with van der Waals surface area (Å²) in [6, 6.07) is 5.73. The average molecular weight is 371 g/mol. The molecule has 6 nitrogen and oxygen atoms in total. The Morgan fingerprint density at radius 3 is 2.62 bits per heavy atom. The zero-order valence-electron chi connectivity index (χ0n) is 15.0.